The Morgan fingerprint density at radius 1 is 0.641 bits per heavy atom. The van der Waals surface area contributed by atoms with Crippen LogP contribution in [0.3, 0.4) is 0 Å². The van der Waals surface area contributed by atoms with Crippen molar-refractivity contribution in [2.75, 3.05) is 19.6 Å². The van der Waals surface area contributed by atoms with Crippen LogP contribution >= 0.6 is 22.6 Å². The van der Waals surface area contributed by atoms with E-state index in [-0.39, 0.29) is 82.9 Å². The molecule has 0 unspecified atom stereocenters. The maximum absolute atomic E-state index is 14.5. The molecule has 1 fully saturated rings. The number of carbonyl (C=O) groups excluding carboxylic acids is 5. The van der Waals surface area contributed by atoms with Crippen LogP contribution in [0.4, 0.5) is 0 Å². The maximum Gasteiger partial charge on any atom is 0.326 e. The van der Waals surface area contributed by atoms with Crippen LogP contribution in [0.15, 0.2) is 94.9 Å². The molecule has 64 heavy (non-hydrogen) atoms. The van der Waals surface area contributed by atoms with Crippen molar-refractivity contribution in [1.82, 2.24) is 26.2 Å². The lowest BCUT2D eigenvalue weighted by Gasteiger charge is -2.31. The third-order valence-corrected chi connectivity index (χ3v) is 11.2. The first kappa shape index (κ1) is 50.4. The Morgan fingerprint density at radius 2 is 1.12 bits per heavy atom. The molecule has 15 N–H and O–H groups in total. The highest BCUT2D eigenvalue weighted by Crippen LogP contribution is 2.21. The molecule has 4 rings (SSSR count). The van der Waals surface area contributed by atoms with E-state index >= 15 is 0 Å². The van der Waals surface area contributed by atoms with Crippen molar-refractivity contribution in [2.24, 2.45) is 38.7 Å². The maximum atomic E-state index is 14.5. The van der Waals surface area contributed by atoms with Crippen molar-refractivity contribution in [3.05, 3.63) is 105 Å². The number of aliphatic carboxylic acids is 1. The van der Waals surface area contributed by atoms with Crippen molar-refractivity contribution in [1.29, 1.82) is 0 Å². The van der Waals surface area contributed by atoms with Gasteiger partial charge in [0.2, 0.25) is 29.5 Å². The predicted octanol–water partition coefficient (Wildman–Crippen LogP) is -0.232. The van der Waals surface area contributed by atoms with Crippen LogP contribution in [-0.2, 0) is 48.0 Å². The van der Waals surface area contributed by atoms with E-state index in [1.54, 1.807) is 60.7 Å². The molecule has 0 saturated carbocycles. The Hall–Kier alpha value is -6.29. The molecule has 3 aromatic carbocycles. The Balaban J connectivity index is 1.54. The zero-order valence-corrected chi connectivity index (χ0v) is 37.7. The first-order valence-electron chi connectivity index (χ1n) is 21.0. The van der Waals surface area contributed by atoms with Crippen molar-refractivity contribution in [3.63, 3.8) is 0 Å². The average Bonchev–Trinajstić information content (AvgIpc) is 3.77. The highest BCUT2D eigenvalue weighted by atomic mass is 131. The molecule has 1 heterocycles. The lowest BCUT2D eigenvalue weighted by atomic mass is 10.0. The fourth-order valence-corrected chi connectivity index (χ4v) is 7.56. The monoisotopic (exact) mass is 998 g/mol. The quantitative estimate of drug-likeness (QED) is 0.0241. The van der Waals surface area contributed by atoms with Gasteiger partial charge in [0, 0.05) is 36.0 Å². The van der Waals surface area contributed by atoms with Crippen molar-refractivity contribution < 1.29 is 33.9 Å². The molecule has 5 amide bonds. The van der Waals surface area contributed by atoms with Gasteiger partial charge in [0.25, 0.3) is 0 Å². The number of benzene rings is 3. The number of halogens is 1. The average molecular weight is 999 g/mol. The highest BCUT2D eigenvalue weighted by Gasteiger charge is 2.40. The summed E-state index contributed by atoms with van der Waals surface area (Å²) in [6, 6.07) is 18.4. The van der Waals surface area contributed by atoms with Crippen LogP contribution in [0.25, 0.3) is 0 Å². The van der Waals surface area contributed by atoms with E-state index in [1.165, 1.54) is 4.90 Å². The molecular formula is C44H59IN12O7. The van der Waals surface area contributed by atoms with Crippen LogP contribution in [0, 0.1) is 3.57 Å². The molecule has 19 nitrogen and oxygen atoms in total. The van der Waals surface area contributed by atoms with Crippen LogP contribution in [0.1, 0.15) is 55.2 Å². The van der Waals surface area contributed by atoms with E-state index in [4.69, 9.17) is 28.7 Å². The number of aliphatic imine (C=N–C) groups is 2. The summed E-state index contributed by atoms with van der Waals surface area (Å²) < 4.78 is 1.01. The summed E-state index contributed by atoms with van der Waals surface area (Å²) >= 11 is 2.17. The zero-order chi connectivity index (χ0) is 46.6. The standard InChI is InChI=1S/C44H59IN12O7/c45-30-19-17-29(18-20-30)24-31(46)37(58)53-32(14-7-21-51-43(47)48)38(59)54-33(15-8-22-52-44(49)50)41(62)57-23-9-16-36(57)40(61)55-34(25-27-10-3-1-4-11-27)39(60)56-35(42(63)64)26-28-12-5-2-6-13-28/h1-6,10-13,17-20,31-36H,7-9,14-16,21-26,46H2,(H,53,58)(H,54,59)(H,55,61)(H,56,60)(H,63,64)(H4,47,48,51)(H4,49,50,52)/t31-,32-,33-,34-,35-,36-/m1/s1/i45+4. The third kappa shape index (κ3) is 16.8. The third-order valence-electron chi connectivity index (χ3n) is 10.5. The van der Waals surface area contributed by atoms with E-state index in [9.17, 15) is 33.9 Å². The normalized spacial score (nSPS) is 15.6. The van der Waals surface area contributed by atoms with E-state index < -0.39 is 71.8 Å². The molecule has 0 aliphatic carbocycles. The van der Waals surface area contributed by atoms with Gasteiger partial charge in [0.05, 0.1) is 6.04 Å². The van der Waals surface area contributed by atoms with Crippen LogP contribution in [0.5, 0.6) is 0 Å². The highest BCUT2D eigenvalue weighted by molar-refractivity contribution is 14.1. The minimum Gasteiger partial charge on any atom is -0.480 e. The van der Waals surface area contributed by atoms with Gasteiger partial charge in [-0.15, -0.1) is 0 Å². The molecule has 6 atom stereocenters. The first-order valence-corrected chi connectivity index (χ1v) is 22.1. The fraction of sp³-hybridized carbons (Fsp3) is 0.409. The van der Waals surface area contributed by atoms with Gasteiger partial charge in [-0.2, -0.15) is 0 Å². The number of carboxylic acids is 1. The molecule has 3 aromatic rings. The van der Waals surface area contributed by atoms with Gasteiger partial charge in [-0.25, -0.2) is 4.79 Å². The van der Waals surface area contributed by atoms with E-state index in [2.05, 4.69) is 53.8 Å². The number of carboxylic acid groups (broad SMARTS) is 1. The summed E-state index contributed by atoms with van der Waals surface area (Å²) in [5, 5.41) is 21.0. The molecule has 0 bridgehead atoms. The number of rotatable bonds is 24. The molecule has 0 radical (unpaired) electrons. The van der Waals surface area contributed by atoms with Gasteiger partial charge in [0.15, 0.2) is 11.9 Å². The molecule has 0 spiro atoms. The Bertz CT molecular complexity index is 2080. The molecule has 20 heteroatoms. The Kier molecular flexibility index (Phi) is 20.2. The van der Waals surface area contributed by atoms with Crippen molar-refractivity contribution >= 4 is 70.0 Å². The van der Waals surface area contributed by atoms with Crippen molar-refractivity contribution in [3.8, 4) is 0 Å². The first-order chi connectivity index (χ1) is 30.6. The van der Waals surface area contributed by atoms with Gasteiger partial charge in [-0.1, -0.05) is 72.8 Å². The minimum absolute atomic E-state index is 0.00984. The summed E-state index contributed by atoms with van der Waals surface area (Å²) in [4.78, 5) is 91.7. The second-order valence-corrected chi connectivity index (χ2v) is 16.7. The SMILES string of the molecule is NC(N)=NCCC[C@@H](NC(=O)[C@H](N)Cc1ccc([131I])cc1)C(=O)N[C@H](CCCN=C(N)N)C(=O)N1CCC[C@@H]1C(=O)N[C@H](Cc1ccccc1)C(=O)N[C@H](Cc1ccccc1)C(=O)O. The number of carbonyl (C=O) groups is 6. The topological polar surface area (TPSA) is 329 Å². The second-order valence-electron chi connectivity index (χ2n) is 15.5. The lowest BCUT2D eigenvalue weighted by Crippen LogP contribution is -2.59. The largest absolute Gasteiger partial charge is 0.480 e. The molecule has 344 valence electrons. The molecule has 0 aromatic heterocycles. The number of nitrogens with two attached hydrogens (primary N) is 5. The molecule has 1 aliphatic heterocycles. The number of nitrogens with one attached hydrogen (secondary N) is 4. The van der Waals surface area contributed by atoms with Gasteiger partial charge < -0.3 is 59.9 Å². The lowest BCUT2D eigenvalue weighted by molar-refractivity contribution is -0.143. The second kappa shape index (κ2) is 25.7. The number of hydrogen-bond donors (Lipinski definition) is 10. The Morgan fingerprint density at radius 3 is 1.67 bits per heavy atom. The van der Waals surface area contributed by atoms with Crippen LogP contribution in [0.2, 0.25) is 0 Å². The number of amides is 5. The van der Waals surface area contributed by atoms with Crippen molar-refractivity contribution in [2.45, 2.75) is 94.0 Å². The zero-order valence-electron chi connectivity index (χ0n) is 35.5. The fourth-order valence-electron chi connectivity index (χ4n) is 7.20. The van der Waals surface area contributed by atoms with Gasteiger partial charge in [-0.05, 0) is 96.4 Å². The summed E-state index contributed by atoms with van der Waals surface area (Å²) in [5.74, 6) is -4.73. The number of hydrogen-bond acceptors (Lipinski definition) is 9. The summed E-state index contributed by atoms with van der Waals surface area (Å²) in [6.07, 6.45) is 1.63. The number of likely N-dealkylation sites (tertiary alicyclic amines) is 1. The van der Waals surface area contributed by atoms with E-state index in [1.807, 2.05) is 24.3 Å². The van der Waals surface area contributed by atoms with E-state index in [0.717, 1.165) is 9.13 Å². The van der Waals surface area contributed by atoms with Crippen LogP contribution < -0.4 is 49.9 Å². The van der Waals surface area contributed by atoms with E-state index in [0.29, 0.717) is 17.5 Å². The van der Waals surface area contributed by atoms with Gasteiger partial charge in [0.1, 0.15) is 30.2 Å². The van der Waals surface area contributed by atoms with Gasteiger partial charge >= 0.3 is 5.97 Å². The Labute approximate surface area is 386 Å². The summed E-state index contributed by atoms with van der Waals surface area (Å²) in [6.45, 7) is 0.461. The molecular weight excluding hydrogens is 939 g/mol. The number of guanidine groups is 2. The summed E-state index contributed by atoms with van der Waals surface area (Å²) in [5.41, 5.74) is 30.6. The summed E-state index contributed by atoms with van der Waals surface area (Å²) in [7, 11) is 0. The van der Waals surface area contributed by atoms with Gasteiger partial charge in [-0.3, -0.25) is 34.0 Å². The smallest absolute Gasteiger partial charge is 0.326 e. The number of nitrogens with zero attached hydrogens (tertiary/aromatic N) is 3. The predicted molar refractivity (Wildman–Crippen MR) is 251 cm³/mol. The minimum atomic E-state index is -1.29. The molecule has 1 saturated heterocycles. The van der Waals surface area contributed by atoms with Crippen LogP contribution in [-0.4, -0.2) is 113 Å². The molecule has 1 aliphatic rings.